The first-order valence-electron chi connectivity index (χ1n) is 10.2. The Morgan fingerprint density at radius 2 is 1.88 bits per heavy atom. The van der Waals surface area contributed by atoms with Gasteiger partial charge in [-0.25, -0.2) is 0 Å². The molecular weight excluding hydrogens is 320 g/mol. The van der Waals surface area contributed by atoms with Crippen LogP contribution in [0.3, 0.4) is 0 Å². The molecule has 2 unspecified atom stereocenters. The third-order valence-electron chi connectivity index (χ3n) is 6.44. The Hall–Kier alpha value is -1.87. The van der Waals surface area contributed by atoms with Gasteiger partial charge in [-0.1, -0.05) is 49.4 Å². The predicted octanol–water partition coefficient (Wildman–Crippen LogP) is 4.53. The molecule has 2 aromatic carbocycles. The fraction of sp³-hybridized carbons (Fsp3) is 0.522. The Bertz CT molecular complexity index is 760. The highest BCUT2D eigenvalue weighted by molar-refractivity contribution is 5.87. The number of hydrogen-bond donors (Lipinski definition) is 1. The Labute approximate surface area is 156 Å². The van der Waals surface area contributed by atoms with Crippen LogP contribution in [0, 0.1) is 11.8 Å². The number of hydrogen-bond acceptors (Lipinski definition) is 2. The van der Waals surface area contributed by atoms with E-state index in [2.05, 4.69) is 59.6 Å². The molecule has 0 aromatic heterocycles. The van der Waals surface area contributed by atoms with Gasteiger partial charge in [0.15, 0.2) is 0 Å². The zero-order valence-electron chi connectivity index (χ0n) is 15.8. The van der Waals surface area contributed by atoms with Crippen LogP contribution in [0.5, 0.6) is 0 Å². The minimum absolute atomic E-state index is 0.244. The molecule has 0 spiro atoms. The highest BCUT2D eigenvalue weighted by Gasteiger charge is 2.32. The number of amides is 1. The van der Waals surface area contributed by atoms with Gasteiger partial charge >= 0.3 is 0 Å². The van der Waals surface area contributed by atoms with E-state index in [0.29, 0.717) is 24.2 Å². The van der Waals surface area contributed by atoms with Crippen molar-refractivity contribution in [3.05, 3.63) is 48.0 Å². The van der Waals surface area contributed by atoms with Crippen LogP contribution in [0.15, 0.2) is 42.5 Å². The van der Waals surface area contributed by atoms with Crippen molar-refractivity contribution in [3.8, 4) is 0 Å². The minimum Gasteiger partial charge on any atom is -0.336 e. The zero-order valence-corrected chi connectivity index (χ0v) is 15.8. The summed E-state index contributed by atoms with van der Waals surface area (Å²) in [5.41, 5.74) is 1.32. The first kappa shape index (κ1) is 17.5. The largest absolute Gasteiger partial charge is 0.336 e. The molecular formula is C23H30N2O. The van der Waals surface area contributed by atoms with Crippen molar-refractivity contribution >= 4 is 16.7 Å². The quantitative estimate of drug-likeness (QED) is 0.879. The second-order valence-corrected chi connectivity index (χ2v) is 8.08. The van der Waals surface area contributed by atoms with Crippen LogP contribution in [-0.2, 0) is 4.79 Å². The monoisotopic (exact) mass is 350 g/mol. The van der Waals surface area contributed by atoms with E-state index in [9.17, 15) is 4.79 Å². The van der Waals surface area contributed by atoms with Crippen LogP contribution in [0.1, 0.15) is 50.6 Å². The summed E-state index contributed by atoms with van der Waals surface area (Å²) >= 11 is 0. The lowest BCUT2D eigenvalue weighted by Gasteiger charge is -2.31. The van der Waals surface area contributed by atoms with Crippen LogP contribution in [0.4, 0.5) is 0 Å². The smallest absolute Gasteiger partial charge is 0.223 e. The lowest BCUT2D eigenvalue weighted by Crippen LogP contribution is -2.35. The van der Waals surface area contributed by atoms with Gasteiger partial charge in [-0.15, -0.1) is 0 Å². The molecule has 0 bridgehead atoms. The third kappa shape index (κ3) is 3.50. The molecule has 26 heavy (non-hydrogen) atoms. The Kier molecular flexibility index (Phi) is 5.26. The van der Waals surface area contributed by atoms with Crippen molar-refractivity contribution in [2.45, 2.75) is 45.1 Å². The first-order chi connectivity index (χ1) is 12.7. The van der Waals surface area contributed by atoms with Gasteiger partial charge in [0, 0.05) is 13.0 Å². The van der Waals surface area contributed by atoms with Gasteiger partial charge in [-0.3, -0.25) is 4.79 Å². The first-order valence-corrected chi connectivity index (χ1v) is 10.2. The van der Waals surface area contributed by atoms with E-state index in [0.717, 1.165) is 32.5 Å². The van der Waals surface area contributed by atoms with E-state index < -0.39 is 0 Å². The number of carbonyl (C=O) groups is 1. The maximum atomic E-state index is 13.1. The van der Waals surface area contributed by atoms with Gasteiger partial charge in [-0.05, 0) is 66.9 Å². The number of nitrogens with zero attached hydrogens (tertiary/aromatic N) is 1. The summed E-state index contributed by atoms with van der Waals surface area (Å²) in [6, 6.07) is 15.3. The topological polar surface area (TPSA) is 32.3 Å². The summed E-state index contributed by atoms with van der Waals surface area (Å²) in [7, 11) is 0. The summed E-state index contributed by atoms with van der Waals surface area (Å²) < 4.78 is 0. The SMILES string of the molecule is CC(CC(=O)N1CCCC1c1cccc2ccccc12)C1CCNCC1. The highest BCUT2D eigenvalue weighted by Crippen LogP contribution is 2.37. The van der Waals surface area contributed by atoms with Crippen LogP contribution < -0.4 is 5.32 Å². The van der Waals surface area contributed by atoms with E-state index in [4.69, 9.17) is 0 Å². The predicted molar refractivity (Wildman–Crippen MR) is 107 cm³/mol. The molecule has 0 saturated carbocycles. The zero-order chi connectivity index (χ0) is 17.9. The van der Waals surface area contributed by atoms with Crippen LogP contribution in [0.25, 0.3) is 10.8 Å². The van der Waals surface area contributed by atoms with Crippen LogP contribution in [-0.4, -0.2) is 30.4 Å². The minimum atomic E-state index is 0.244. The molecule has 138 valence electrons. The number of likely N-dealkylation sites (tertiary alicyclic amines) is 1. The lowest BCUT2D eigenvalue weighted by molar-refractivity contribution is -0.133. The molecule has 2 aromatic rings. The van der Waals surface area contributed by atoms with Gasteiger partial charge in [0.25, 0.3) is 0 Å². The number of carbonyl (C=O) groups excluding carboxylic acids is 1. The Balaban J connectivity index is 1.51. The molecule has 2 heterocycles. The summed E-state index contributed by atoms with van der Waals surface area (Å²) in [6.07, 6.45) is 5.32. The van der Waals surface area contributed by atoms with Crippen molar-refractivity contribution in [2.24, 2.45) is 11.8 Å². The van der Waals surface area contributed by atoms with Gasteiger partial charge < -0.3 is 10.2 Å². The second-order valence-electron chi connectivity index (χ2n) is 8.08. The van der Waals surface area contributed by atoms with Gasteiger partial charge in [0.1, 0.15) is 0 Å². The Morgan fingerprint density at radius 1 is 1.12 bits per heavy atom. The standard InChI is InChI=1S/C23H30N2O/c1-17(18-11-13-24-14-12-18)16-23(26)25-15-5-10-22(25)21-9-4-7-19-6-2-3-8-20(19)21/h2-4,6-9,17-18,22,24H,5,10-16H2,1H3. The average molecular weight is 351 g/mol. The van der Waals surface area contributed by atoms with Gasteiger partial charge in [-0.2, -0.15) is 0 Å². The van der Waals surface area contributed by atoms with Crippen molar-refractivity contribution < 1.29 is 4.79 Å². The molecule has 2 saturated heterocycles. The van der Waals surface area contributed by atoms with Gasteiger partial charge in [0.05, 0.1) is 6.04 Å². The Morgan fingerprint density at radius 3 is 2.73 bits per heavy atom. The molecule has 3 heteroatoms. The maximum Gasteiger partial charge on any atom is 0.223 e. The molecule has 2 fully saturated rings. The van der Waals surface area contributed by atoms with E-state index >= 15 is 0 Å². The summed E-state index contributed by atoms with van der Waals surface area (Å²) in [4.78, 5) is 15.3. The van der Waals surface area contributed by atoms with Crippen molar-refractivity contribution in [1.29, 1.82) is 0 Å². The molecule has 1 N–H and O–H groups in total. The van der Waals surface area contributed by atoms with Crippen LogP contribution in [0.2, 0.25) is 0 Å². The van der Waals surface area contributed by atoms with E-state index in [1.54, 1.807) is 0 Å². The normalized spacial score (nSPS) is 22.7. The molecule has 3 nitrogen and oxygen atoms in total. The fourth-order valence-electron chi connectivity index (χ4n) is 4.90. The molecule has 4 rings (SSSR count). The number of benzene rings is 2. The van der Waals surface area contributed by atoms with Crippen molar-refractivity contribution in [1.82, 2.24) is 10.2 Å². The summed E-state index contributed by atoms with van der Waals surface area (Å²) in [5.74, 6) is 1.53. The number of rotatable bonds is 4. The molecule has 2 aliphatic rings. The van der Waals surface area contributed by atoms with Crippen molar-refractivity contribution in [3.63, 3.8) is 0 Å². The number of piperidine rings is 1. The van der Waals surface area contributed by atoms with E-state index in [-0.39, 0.29) is 6.04 Å². The number of fused-ring (bicyclic) bond motifs is 1. The maximum absolute atomic E-state index is 13.1. The second kappa shape index (κ2) is 7.79. The lowest BCUT2D eigenvalue weighted by atomic mass is 9.84. The van der Waals surface area contributed by atoms with Crippen LogP contribution >= 0.6 is 0 Å². The van der Waals surface area contributed by atoms with Gasteiger partial charge in [0.2, 0.25) is 5.91 Å². The van der Waals surface area contributed by atoms with E-state index in [1.807, 2.05) is 0 Å². The fourth-order valence-corrected chi connectivity index (χ4v) is 4.90. The molecule has 0 aliphatic carbocycles. The molecule has 0 radical (unpaired) electrons. The highest BCUT2D eigenvalue weighted by atomic mass is 16.2. The third-order valence-corrected chi connectivity index (χ3v) is 6.44. The van der Waals surface area contributed by atoms with Crippen molar-refractivity contribution in [2.75, 3.05) is 19.6 Å². The average Bonchev–Trinajstić information content (AvgIpc) is 3.18. The summed E-state index contributed by atoms with van der Waals surface area (Å²) in [5, 5.41) is 6.00. The molecule has 2 atom stereocenters. The molecule has 1 amide bonds. The van der Waals surface area contributed by atoms with E-state index in [1.165, 1.54) is 29.2 Å². The number of nitrogens with one attached hydrogen (secondary N) is 1. The molecule has 2 aliphatic heterocycles. The summed E-state index contributed by atoms with van der Waals surface area (Å²) in [6.45, 7) is 5.39.